The SMILES string of the molecule is CCOc1ccc(-n2c(SCC(=O)NC(=O)c3cccn3C)nc3ccccc32)cc1. The number of nitrogens with zero attached hydrogens (tertiary/aromatic N) is 3. The Morgan fingerprint density at radius 1 is 1.06 bits per heavy atom. The number of ether oxygens (including phenoxy) is 1. The normalized spacial score (nSPS) is 10.9. The molecule has 2 amide bonds. The molecule has 0 spiro atoms. The summed E-state index contributed by atoms with van der Waals surface area (Å²) >= 11 is 1.28. The van der Waals surface area contributed by atoms with Crippen molar-refractivity contribution in [1.82, 2.24) is 19.4 Å². The highest BCUT2D eigenvalue weighted by atomic mass is 32.2. The number of imide groups is 1. The summed E-state index contributed by atoms with van der Waals surface area (Å²) in [6.07, 6.45) is 1.76. The summed E-state index contributed by atoms with van der Waals surface area (Å²) in [6.45, 7) is 2.55. The zero-order valence-electron chi connectivity index (χ0n) is 17.2. The molecule has 4 aromatic rings. The van der Waals surface area contributed by atoms with Crippen LogP contribution in [0.4, 0.5) is 0 Å². The van der Waals surface area contributed by atoms with Crippen LogP contribution in [0, 0.1) is 0 Å². The summed E-state index contributed by atoms with van der Waals surface area (Å²) in [5.74, 6) is 0.0688. The van der Waals surface area contributed by atoms with Crippen molar-refractivity contribution in [3.8, 4) is 11.4 Å². The Morgan fingerprint density at radius 3 is 2.55 bits per heavy atom. The van der Waals surface area contributed by atoms with Gasteiger partial charge in [0.1, 0.15) is 11.4 Å². The van der Waals surface area contributed by atoms with Gasteiger partial charge in [-0.2, -0.15) is 0 Å². The second-order valence-corrected chi connectivity index (χ2v) is 7.76. The monoisotopic (exact) mass is 434 g/mol. The number of nitrogens with one attached hydrogen (secondary N) is 1. The van der Waals surface area contributed by atoms with E-state index >= 15 is 0 Å². The number of hydrogen-bond acceptors (Lipinski definition) is 5. The molecule has 2 heterocycles. The first-order valence-corrected chi connectivity index (χ1v) is 10.8. The average molecular weight is 435 g/mol. The van der Waals surface area contributed by atoms with E-state index in [4.69, 9.17) is 4.74 Å². The highest BCUT2D eigenvalue weighted by molar-refractivity contribution is 7.99. The number of aromatic nitrogens is 3. The Bertz CT molecular complexity index is 1230. The minimum absolute atomic E-state index is 0.0660. The zero-order valence-corrected chi connectivity index (χ0v) is 18.1. The smallest absolute Gasteiger partial charge is 0.274 e. The van der Waals surface area contributed by atoms with Crippen LogP contribution in [0.5, 0.6) is 5.75 Å². The topological polar surface area (TPSA) is 78.1 Å². The molecule has 0 aliphatic carbocycles. The molecule has 7 nitrogen and oxygen atoms in total. The van der Waals surface area contributed by atoms with Gasteiger partial charge in [-0.1, -0.05) is 23.9 Å². The Labute approximate surface area is 184 Å². The van der Waals surface area contributed by atoms with Crippen molar-refractivity contribution in [3.05, 3.63) is 72.6 Å². The first-order valence-electron chi connectivity index (χ1n) is 9.86. The van der Waals surface area contributed by atoms with Crippen LogP contribution in [-0.4, -0.2) is 38.3 Å². The Hall–Kier alpha value is -3.52. The van der Waals surface area contributed by atoms with Gasteiger partial charge in [-0.25, -0.2) is 4.98 Å². The van der Waals surface area contributed by atoms with E-state index in [2.05, 4.69) is 10.3 Å². The van der Waals surface area contributed by atoms with Crippen molar-refractivity contribution in [3.63, 3.8) is 0 Å². The summed E-state index contributed by atoms with van der Waals surface area (Å²) in [5, 5.41) is 3.11. The molecule has 0 bridgehead atoms. The maximum absolute atomic E-state index is 12.4. The maximum atomic E-state index is 12.4. The molecule has 0 saturated carbocycles. The lowest BCUT2D eigenvalue weighted by Crippen LogP contribution is -2.33. The van der Waals surface area contributed by atoms with Crippen LogP contribution in [0.25, 0.3) is 16.7 Å². The molecule has 31 heavy (non-hydrogen) atoms. The lowest BCUT2D eigenvalue weighted by Gasteiger charge is -2.10. The van der Waals surface area contributed by atoms with E-state index in [1.165, 1.54) is 11.8 Å². The van der Waals surface area contributed by atoms with Gasteiger partial charge in [-0.05, 0) is 55.5 Å². The highest BCUT2D eigenvalue weighted by Gasteiger charge is 2.17. The van der Waals surface area contributed by atoms with Gasteiger partial charge in [0.05, 0.1) is 23.4 Å². The van der Waals surface area contributed by atoms with Crippen molar-refractivity contribution in [2.75, 3.05) is 12.4 Å². The van der Waals surface area contributed by atoms with Crippen LogP contribution in [0.1, 0.15) is 17.4 Å². The molecule has 0 atom stereocenters. The van der Waals surface area contributed by atoms with Gasteiger partial charge in [0.15, 0.2) is 5.16 Å². The number of carbonyl (C=O) groups excluding carboxylic acids is 2. The maximum Gasteiger partial charge on any atom is 0.274 e. The third kappa shape index (κ3) is 4.49. The number of para-hydroxylation sites is 2. The Morgan fingerprint density at radius 2 is 1.84 bits per heavy atom. The second kappa shape index (κ2) is 9.09. The molecular weight excluding hydrogens is 412 g/mol. The predicted octanol–water partition coefficient (Wildman–Crippen LogP) is 3.81. The van der Waals surface area contributed by atoms with Crippen molar-refractivity contribution >= 4 is 34.6 Å². The van der Waals surface area contributed by atoms with E-state index in [9.17, 15) is 9.59 Å². The lowest BCUT2D eigenvalue weighted by molar-refractivity contribution is -0.117. The number of benzene rings is 2. The fourth-order valence-corrected chi connectivity index (χ4v) is 4.09. The predicted molar refractivity (Wildman–Crippen MR) is 121 cm³/mol. The van der Waals surface area contributed by atoms with Gasteiger partial charge < -0.3 is 9.30 Å². The Kier molecular flexibility index (Phi) is 6.08. The summed E-state index contributed by atoms with van der Waals surface area (Å²) in [5.41, 5.74) is 3.12. The molecule has 4 rings (SSSR count). The second-order valence-electron chi connectivity index (χ2n) is 6.82. The molecule has 0 saturated heterocycles. The number of carbonyl (C=O) groups is 2. The quantitative estimate of drug-likeness (QED) is 0.448. The van der Waals surface area contributed by atoms with Gasteiger partial charge in [-0.3, -0.25) is 19.5 Å². The molecule has 0 radical (unpaired) electrons. The third-order valence-electron chi connectivity index (χ3n) is 4.70. The lowest BCUT2D eigenvalue weighted by atomic mass is 10.2. The van der Waals surface area contributed by atoms with E-state index in [-0.39, 0.29) is 11.7 Å². The van der Waals surface area contributed by atoms with Gasteiger partial charge in [0, 0.05) is 18.9 Å². The number of aryl methyl sites for hydroxylation is 1. The van der Waals surface area contributed by atoms with Crippen LogP contribution < -0.4 is 10.1 Å². The van der Waals surface area contributed by atoms with Gasteiger partial charge in [0.2, 0.25) is 5.91 Å². The van der Waals surface area contributed by atoms with Crippen LogP contribution in [0.3, 0.4) is 0 Å². The zero-order chi connectivity index (χ0) is 21.8. The fourth-order valence-electron chi connectivity index (χ4n) is 3.26. The average Bonchev–Trinajstić information content (AvgIpc) is 3.36. The first kappa shape index (κ1) is 20.7. The number of hydrogen-bond donors (Lipinski definition) is 1. The number of rotatable bonds is 7. The van der Waals surface area contributed by atoms with E-state index in [1.807, 2.05) is 60.0 Å². The molecule has 0 aliphatic rings. The fraction of sp³-hybridized carbons (Fsp3) is 0.174. The van der Waals surface area contributed by atoms with Crippen molar-refractivity contribution in [2.45, 2.75) is 12.1 Å². The minimum atomic E-state index is -0.418. The van der Waals surface area contributed by atoms with Gasteiger partial charge in [0.25, 0.3) is 5.91 Å². The van der Waals surface area contributed by atoms with Crippen LogP contribution >= 0.6 is 11.8 Å². The van der Waals surface area contributed by atoms with Crippen molar-refractivity contribution in [2.24, 2.45) is 7.05 Å². The van der Waals surface area contributed by atoms with Crippen molar-refractivity contribution in [1.29, 1.82) is 0 Å². The molecular formula is C23H22N4O3S. The number of fused-ring (bicyclic) bond motifs is 1. The van der Waals surface area contributed by atoms with Crippen molar-refractivity contribution < 1.29 is 14.3 Å². The van der Waals surface area contributed by atoms with E-state index < -0.39 is 5.91 Å². The first-order chi connectivity index (χ1) is 15.1. The van der Waals surface area contributed by atoms with E-state index in [0.29, 0.717) is 17.5 Å². The summed E-state index contributed by atoms with van der Waals surface area (Å²) in [4.78, 5) is 29.4. The molecule has 158 valence electrons. The molecule has 0 aliphatic heterocycles. The van der Waals surface area contributed by atoms with Gasteiger partial charge >= 0.3 is 0 Å². The Balaban J connectivity index is 1.55. The number of imidazole rings is 1. The molecule has 2 aromatic carbocycles. The number of thioether (sulfide) groups is 1. The van der Waals surface area contributed by atoms with Crippen LogP contribution in [-0.2, 0) is 11.8 Å². The summed E-state index contributed by atoms with van der Waals surface area (Å²) in [6, 6.07) is 19.0. The van der Waals surface area contributed by atoms with Gasteiger partial charge in [-0.15, -0.1) is 0 Å². The van der Waals surface area contributed by atoms with E-state index in [1.54, 1.807) is 29.9 Å². The molecule has 0 unspecified atom stereocenters. The summed E-state index contributed by atoms with van der Waals surface area (Å²) in [7, 11) is 1.76. The minimum Gasteiger partial charge on any atom is -0.494 e. The molecule has 0 fully saturated rings. The third-order valence-corrected chi connectivity index (χ3v) is 5.64. The standard InChI is InChI=1S/C23H22N4O3S/c1-3-30-17-12-10-16(11-13-17)27-19-8-5-4-7-18(19)24-23(27)31-15-21(28)25-22(29)20-9-6-14-26(20)2/h4-14H,3,15H2,1-2H3,(H,25,28,29). The molecule has 1 N–H and O–H groups in total. The van der Waals surface area contributed by atoms with E-state index in [0.717, 1.165) is 22.5 Å². The summed E-state index contributed by atoms with van der Waals surface area (Å²) < 4.78 is 9.20. The molecule has 8 heteroatoms. The largest absolute Gasteiger partial charge is 0.494 e. The van der Waals surface area contributed by atoms with Crippen LogP contribution in [0.2, 0.25) is 0 Å². The van der Waals surface area contributed by atoms with Crippen LogP contribution in [0.15, 0.2) is 72.0 Å². The molecule has 2 aromatic heterocycles. The highest BCUT2D eigenvalue weighted by Crippen LogP contribution is 2.28. The number of amides is 2.